The Labute approximate surface area is 124 Å². The number of carbonyl (C=O) groups excluding carboxylic acids is 1. The van der Waals surface area contributed by atoms with Gasteiger partial charge in [-0.25, -0.2) is 18.1 Å². The SMILES string of the molecule is CC(C)CNC(=O)CCNS(=O)(=O)c1ncccc1NN. The number of hydrogen-bond donors (Lipinski definition) is 4. The molecule has 0 atom stereocenters. The number of aromatic nitrogens is 1. The number of rotatable bonds is 8. The average molecular weight is 315 g/mol. The van der Waals surface area contributed by atoms with Crippen LogP contribution < -0.4 is 21.3 Å². The maximum atomic E-state index is 12.1. The first kappa shape index (κ1) is 17.3. The number of hydrazine groups is 1. The van der Waals surface area contributed by atoms with Crippen LogP contribution in [-0.4, -0.2) is 32.4 Å². The molecule has 0 spiro atoms. The molecule has 1 aromatic heterocycles. The Morgan fingerprint density at radius 3 is 2.76 bits per heavy atom. The molecule has 0 radical (unpaired) electrons. The van der Waals surface area contributed by atoms with Crippen LogP contribution in [0, 0.1) is 5.92 Å². The molecule has 0 saturated carbocycles. The van der Waals surface area contributed by atoms with E-state index in [2.05, 4.69) is 20.4 Å². The van der Waals surface area contributed by atoms with Crippen LogP contribution in [0.1, 0.15) is 20.3 Å². The van der Waals surface area contributed by atoms with Crippen molar-refractivity contribution in [2.75, 3.05) is 18.5 Å². The molecule has 0 aromatic carbocycles. The fraction of sp³-hybridized carbons (Fsp3) is 0.500. The molecule has 1 heterocycles. The van der Waals surface area contributed by atoms with Gasteiger partial charge in [0.05, 0.1) is 5.69 Å². The molecule has 0 fully saturated rings. The van der Waals surface area contributed by atoms with Gasteiger partial charge in [0.15, 0.2) is 5.03 Å². The van der Waals surface area contributed by atoms with E-state index in [0.717, 1.165) is 0 Å². The fourth-order valence-corrected chi connectivity index (χ4v) is 2.61. The number of carbonyl (C=O) groups is 1. The summed E-state index contributed by atoms with van der Waals surface area (Å²) in [7, 11) is -3.81. The molecule has 1 rings (SSSR count). The maximum absolute atomic E-state index is 12.1. The minimum atomic E-state index is -3.81. The van der Waals surface area contributed by atoms with Crippen LogP contribution in [0.3, 0.4) is 0 Å². The number of sulfonamides is 1. The summed E-state index contributed by atoms with van der Waals surface area (Å²) >= 11 is 0. The standard InChI is InChI=1S/C12H21N5O3S/c1-9(2)8-15-11(18)5-7-16-21(19,20)12-10(17-13)4-3-6-14-12/h3-4,6,9,16-17H,5,7-8,13H2,1-2H3,(H,15,18). The summed E-state index contributed by atoms with van der Waals surface area (Å²) < 4.78 is 26.4. The van der Waals surface area contributed by atoms with E-state index in [0.29, 0.717) is 12.5 Å². The molecule has 1 aromatic rings. The Bertz CT molecular complexity index is 574. The number of nitrogen functional groups attached to an aromatic ring is 1. The van der Waals surface area contributed by atoms with Gasteiger partial charge in [-0.1, -0.05) is 13.8 Å². The first-order chi connectivity index (χ1) is 9.86. The molecule has 9 heteroatoms. The molecular formula is C12H21N5O3S. The van der Waals surface area contributed by atoms with Gasteiger partial charge in [0, 0.05) is 25.7 Å². The highest BCUT2D eigenvalue weighted by Crippen LogP contribution is 2.15. The molecule has 0 saturated heterocycles. The van der Waals surface area contributed by atoms with Gasteiger partial charge in [0.2, 0.25) is 5.91 Å². The van der Waals surface area contributed by atoms with Crippen molar-refractivity contribution in [3.05, 3.63) is 18.3 Å². The van der Waals surface area contributed by atoms with Crippen molar-refractivity contribution in [1.82, 2.24) is 15.0 Å². The Morgan fingerprint density at radius 2 is 2.14 bits per heavy atom. The van der Waals surface area contributed by atoms with Gasteiger partial charge in [0.1, 0.15) is 0 Å². The first-order valence-electron chi connectivity index (χ1n) is 6.55. The summed E-state index contributed by atoms with van der Waals surface area (Å²) in [4.78, 5) is 15.3. The summed E-state index contributed by atoms with van der Waals surface area (Å²) in [6.07, 6.45) is 1.41. The normalized spacial score (nSPS) is 11.4. The second-order valence-electron chi connectivity index (χ2n) is 4.85. The summed E-state index contributed by atoms with van der Waals surface area (Å²) in [6, 6.07) is 3.06. The molecule has 8 nitrogen and oxygen atoms in total. The van der Waals surface area contributed by atoms with Gasteiger partial charge in [-0.05, 0) is 18.1 Å². The molecule has 118 valence electrons. The van der Waals surface area contributed by atoms with Gasteiger partial charge >= 0.3 is 0 Å². The molecule has 5 N–H and O–H groups in total. The number of nitrogens with two attached hydrogens (primary N) is 1. The molecule has 0 unspecified atom stereocenters. The Kier molecular flexibility index (Phi) is 6.53. The zero-order valence-corrected chi connectivity index (χ0v) is 12.9. The van der Waals surface area contributed by atoms with E-state index in [1.807, 2.05) is 13.8 Å². The minimum absolute atomic E-state index is 0.00710. The predicted octanol–water partition coefficient (Wildman–Crippen LogP) is -0.192. The van der Waals surface area contributed by atoms with Gasteiger partial charge in [-0.3, -0.25) is 10.6 Å². The molecule has 0 aliphatic rings. The lowest BCUT2D eigenvalue weighted by atomic mass is 10.2. The van der Waals surface area contributed by atoms with E-state index in [9.17, 15) is 13.2 Å². The van der Waals surface area contributed by atoms with Crippen LogP contribution in [0.15, 0.2) is 23.4 Å². The number of hydrogen-bond acceptors (Lipinski definition) is 6. The number of anilines is 1. The molecule has 21 heavy (non-hydrogen) atoms. The molecule has 0 bridgehead atoms. The Hall–Kier alpha value is -1.71. The lowest BCUT2D eigenvalue weighted by molar-refractivity contribution is -0.121. The topological polar surface area (TPSA) is 126 Å². The van der Waals surface area contributed by atoms with Crippen molar-refractivity contribution in [2.24, 2.45) is 11.8 Å². The van der Waals surface area contributed by atoms with Crippen molar-refractivity contribution >= 4 is 21.6 Å². The van der Waals surface area contributed by atoms with Crippen molar-refractivity contribution < 1.29 is 13.2 Å². The van der Waals surface area contributed by atoms with Crippen molar-refractivity contribution in [3.8, 4) is 0 Å². The Morgan fingerprint density at radius 1 is 1.43 bits per heavy atom. The summed E-state index contributed by atoms with van der Waals surface area (Å²) in [5.74, 6) is 5.39. The van der Waals surface area contributed by atoms with Gasteiger partial charge in [0.25, 0.3) is 10.0 Å². The molecule has 1 amide bonds. The average Bonchev–Trinajstić information content (AvgIpc) is 2.44. The molecule has 0 aliphatic carbocycles. The zero-order valence-electron chi connectivity index (χ0n) is 12.1. The van der Waals surface area contributed by atoms with Crippen LogP contribution in [0.25, 0.3) is 0 Å². The lowest BCUT2D eigenvalue weighted by Gasteiger charge is -2.10. The largest absolute Gasteiger partial charge is 0.356 e. The van der Waals surface area contributed by atoms with E-state index in [1.54, 1.807) is 6.07 Å². The van der Waals surface area contributed by atoms with E-state index in [-0.39, 0.29) is 29.6 Å². The summed E-state index contributed by atoms with van der Waals surface area (Å²) in [5, 5.41) is 2.51. The van der Waals surface area contributed by atoms with E-state index < -0.39 is 10.0 Å². The highest BCUT2D eigenvalue weighted by molar-refractivity contribution is 7.89. The third-order valence-corrected chi connectivity index (χ3v) is 3.95. The monoisotopic (exact) mass is 315 g/mol. The number of nitrogens with one attached hydrogen (secondary N) is 3. The molecular weight excluding hydrogens is 294 g/mol. The van der Waals surface area contributed by atoms with Crippen molar-refractivity contribution in [2.45, 2.75) is 25.3 Å². The first-order valence-corrected chi connectivity index (χ1v) is 8.03. The zero-order chi connectivity index (χ0) is 15.9. The van der Waals surface area contributed by atoms with Crippen molar-refractivity contribution in [3.63, 3.8) is 0 Å². The van der Waals surface area contributed by atoms with Crippen LogP contribution in [0.5, 0.6) is 0 Å². The minimum Gasteiger partial charge on any atom is -0.356 e. The second-order valence-corrected chi connectivity index (χ2v) is 6.53. The van der Waals surface area contributed by atoms with Gasteiger partial charge < -0.3 is 10.7 Å². The highest BCUT2D eigenvalue weighted by Gasteiger charge is 2.19. The van der Waals surface area contributed by atoms with Crippen LogP contribution in [-0.2, 0) is 14.8 Å². The number of amides is 1. The number of pyridine rings is 1. The van der Waals surface area contributed by atoms with E-state index in [1.165, 1.54) is 12.3 Å². The van der Waals surface area contributed by atoms with Gasteiger partial charge in [-0.2, -0.15) is 0 Å². The quantitative estimate of drug-likeness (QED) is 0.389. The smallest absolute Gasteiger partial charge is 0.260 e. The third-order valence-electron chi connectivity index (χ3n) is 2.53. The van der Waals surface area contributed by atoms with Crippen LogP contribution >= 0.6 is 0 Å². The van der Waals surface area contributed by atoms with Crippen molar-refractivity contribution in [1.29, 1.82) is 0 Å². The number of nitrogens with zero attached hydrogens (tertiary/aromatic N) is 1. The maximum Gasteiger partial charge on any atom is 0.260 e. The van der Waals surface area contributed by atoms with Crippen LogP contribution in [0.2, 0.25) is 0 Å². The van der Waals surface area contributed by atoms with Gasteiger partial charge in [-0.15, -0.1) is 0 Å². The third kappa shape index (κ3) is 5.66. The van der Waals surface area contributed by atoms with Crippen LogP contribution in [0.4, 0.5) is 5.69 Å². The van der Waals surface area contributed by atoms with E-state index >= 15 is 0 Å². The predicted molar refractivity (Wildman–Crippen MR) is 79.7 cm³/mol. The second kappa shape index (κ2) is 7.91. The lowest BCUT2D eigenvalue weighted by Crippen LogP contribution is -2.33. The van der Waals surface area contributed by atoms with E-state index in [4.69, 9.17) is 5.84 Å². The molecule has 0 aliphatic heterocycles. The highest BCUT2D eigenvalue weighted by atomic mass is 32.2. The fourth-order valence-electron chi connectivity index (χ4n) is 1.49. The summed E-state index contributed by atoms with van der Waals surface area (Å²) in [5.41, 5.74) is 2.46. The Balaban J connectivity index is 2.56. The summed E-state index contributed by atoms with van der Waals surface area (Å²) in [6.45, 7) is 4.51.